The van der Waals surface area contributed by atoms with Crippen molar-refractivity contribution in [3.63, 3.8) is 0 Å². The summed E-state index contributed by atoms with van der Waals surface area (Å²) in [6.07, 6.45) is 3.55. The normalized spacial score (nSPS) is 11.2. The molecule has 96 valence electrons. The Labute approximate surface area is 127 Å². The van der Waals surface area contributed by atoms with E-state index in [-0.39, 0.29) is 0 Å². The lowest BCUT2D eigenvalue weighted by atomic mass is 10.3. The van der Waals surface area contributed by atoms with Gasteiger partial charge in [-0.2, -0.15) is 5.10 Å². The van der Waals surface area contributed by atoms with Gasteiger partial charge in [0.25, 0.3) is 0 Å². The molecule has 19 heavy (non-hydrogen) atoms. The van der Waals surface area contributed by atoms with Gasteiger partial charge in [-0.25, -0.2) is 4.68 Å². The zero-order valence-electron chi connectivity index (χ0n) is 10.4. The van der Waals surface area contributed by atoms with Gasteiger partial charge in [-0.1, -0.05) is 0 Å². The molecule has 0 amide bonds. The van der Waals surface area contributed by atoms with Gasteiger partial charge in [0, 0.05) is 16.9 Å². The lowest BCUT2D eigenvalue weighted by Crippen LogP contribution is -2.01. The summed E-state index contributed by atoms with van der Waals surface area (Å²) >= 11 is 6.96. The number of halogens is 2. The van der Waals surface area contributed by atoms with Crippen molar-refractivity contribution in [2.24, 2.45) is 0 Å². The van der Waals surface area contributed by atoms with Gasteiger partial charge in [-0.05, 0) is 57.8 Å². The number of nitrogens with zero attached hydrogens (tertiary/aromatic N) is 4. The van der Waals surface area contributed by atoms with Crippen molar-refractivity contribution in [2.75, 3.05) is 0 Å². The van der Waals surface area contributed by atoms with E-state index < -0.39 is 0 Å². The molecule has 0 radical (unpaired) electrons. The van der Waals surface area contributed by atoms with Gasteiger partial charge in [-0.15, -0.1) is 0 Å². The van der Waals surface area contributed by atoms with Gasteiger partial charge >= 0.3 is 0 Å². The van der Waals surface area contributed by atoms with Gasteiger partial charge in [0.2, 0.25) is 0 Å². The first-order valence-electron chi connectivity index (χ1n) is 5.70. The average Bonchev–Trinajstić information content (AvgIpc) is 2.65. The molecular formula is C13H10Br2N4. The molecule has 0 bridgehead atoms. The van der Waals surface area contributed by atoms with E-state index in [2.05, 4.69) is 46.9 Å². The van der Waals surface area contributed by atoms with E-state index in [1.807, 2.05) is 30.7 Å². The summed E-state index contributed by atoms with van der Waals surface area (Å²) in [6, 6.07) is 3.88. The number of fused-ring (bicyclic) bond motifs is 1. The summed E-state index contributed by atoms with van der Waals surface area (Å²) in [6.45, 7) is 4.00. The molecule has 0 atom stereocenters. The SMILES string of the molecule is Cc1nn(-c2ccnc3cc(Br)cnc23)c(C)c1Br. The van der Waals surface area contributed by atoms with E-state index >= 15 is 0 Å². The van der Waals surface area contributed by atoms with Crippen molar-refractivity contribution in [3.8, 4) is 5.69 Å². The Hall–Kier alpha value is -1.27. The highest BCUT2D eigenvalue weighted by atomic mass is 79.9. The predicted octanol–water partition coefficient (Wildman–Crippen LogP) is 3.96. The van der Waals surface area contributed by atoms with Crippen LogP contribution in [-0.4, -0.2) is 19.7 Å². The first kappa shape index (κ1) is 12.7. The third-order valence-electron chi connectivity index (χ3n) is 2.95. The Bertz CT molecular complexity index is 780. The first-order valence-corrected chi connectivity index (χ1v) is 7.29. The topological polar surface area (TPSA) is 43.6 Å². The Morgan fingerprint density at radius 1 is 1.16 bits per heavy atom. The minimum absolute atomic E-state index is 0.837. The van der Waals surface area contributed by atoms with E-state index in [9.17, 15) is 0 Å². The molecule has 0 spiro atoms. The summed E-state index contributed by atoms with van der Waals surface area (Å²) in [5.41, 5.74) is 4.62. The quantitative estimate of drug-likeness (QED) is 0.640. The molecule has 4 nitrogen and oxygen atoms in total. The molecule has 3 aromatic heterocycles. The number of rotatable bonds is 1. The molecule has 6 heteroatoms. The van der Waals surface area contributed by atoms with Gasteiger partial charge < -0.3 is 0 Å². The lowest BCUT2D eigenvalue weighted by molar-refractivity contribution is 0.836. The molecule has 3 rings (SSSR count). The zero-order chi connectivity index (χ0) is 13.6. The second-order valence-corrected chi connectivity index (χ2v) is 5.96. The number of aromatic nitrogens is 4. The van der Waals surface area contributed by atoms with Crippen LogP contribution in [0.25, 0.3) is 16.7 Å². The van der Waals surface area contributed by atoms with Gasteiger partial charge in [0.1, 0.15) is 5.52 Å². The number of aryl methyl sites for hydroxylation is 1. The third kappa shape index (κ3) is 2.08. The molecule has 0 aliphatic rings. The van der Waals surface area contributed by atoms with Crippen LogP contribution in [0.15, 0.2) is 33.5 Å². The molecular weight excluding hydrogens is 372 g/mol. The highest BCUT2D eigenvalue weighted by molar-refractivity contribution is 9.10. The third-order valence-corrected chi connectivity index (χ3v) is 4.54. The summed E-state index contributed by atoms with van der Waals surface area (Å²) in [4.78, 5) is 8.79. The van der Waals surface area contributed by atoms with Crippen molar-refractivity contribution in [1.82, 2.24) is 19.7 Å². The lowest BCUT2D eigenvalue weighted by Gasteiger charge is -2.07. The molecule has 0 fully saturated rings. The number of hydrogen-bond acceptors (Lipinski definition) is 3. The van der Waals surface area contributed by atoms with E-state index in [1.165, 1.54) is 0 Å². The van der Waals surface area contributed by atoms with Crippen molar-refractivity contribution in [3.05, 3.63) is 44.9 Å². The van der Waals surface area contributed by atoms with Gasteiger partial charge in [0.05, 0.1) is 27.1 Å². The smallest absolute Gasteiger partial charge is 0.114 e. The largest absolute Gasteiger partial charge is 0.254 e. The van der Waals surface area contributed by atoms with Crippen LogP contribution < -0.4 is 0 Å². The van der Waals surface area contributed by atoms with Crippen LogP contribution in [-0.2, 0) is 0 Å². The summed E-state index contributed by atoms with van der Waals surface area (Å²) in [5, 5.41) is 4.54. The van der Waals surface area contributed by atoms with Crippen molar-refractivity contribution < 1.29 is 0 Å². The van der Waals surface area contributed by atoms with E-state index in [4.69, 9.17) is 0 Å². The van der Waals surface area contributed by atoms with Crippen LogP contribution in [0.2, 0.25) is 0 Å². The second kappa shape index (κ2) is 4.68. The van der Waals surface area contributed by atoms with Gasteiger partial charge in [0.15, 0.2) is 0 Å². The highest BCUT2D eigenvalue weighted by Gasteiger charge is 2.13. The minimum Gasteiger partial charge on any atom is -0.254 e. The van der Waals surface area contributed by atoms with E-state index in [1.54, 1.807) is 12.4 Å². The molecule has 0 aliphatic heterocycles. The maximum Gasteiger partial charge on any atom is 0.114 e. The molecule has 0 aromatic carbocycles. The molecule has 0 N–H and O–H groups in total. The molecule has 3 heterocycles. The van der Waals surface area contributed by atoms with Crippen molar-refractivity contribution in [2.45, 2.75) is 13.8 Å². The van der Waals surface area contributed by atoms with Crippen LogP contribution in [0, 0.1) is 13.8 Å². The van der Waals surface area contributed by atoms with Crippen LogP contribution in [0.1, 0.15) is 11.4 Å². The fourth-order valence-electron chi connectivity index (χ4n) is 2.02. The van der Waals surface area contributed by atoms with Crippen LogP contribution in [0.4, 0.5) is 0 Å². The fourth-order valence-corrected chi connectivity index (χ4v) is 2.59. The Morgan fingerprint density at radius 3 is 2.63 bits per heavy atom. The molecule has 0 saturated carbocycles. The average molecular weight is 382 g/mol. The number of pyridine rings is 2. The van der Waals surface area contributed by atoms with Crippen molar-refractivity contribution >= 4 is 42.9 Å². The number of hydrogen-bond donors (Lipinski definition) is 0. The van der Waals surface area contributed by atoms with Gasteiger partial charge in [-0.3, -0.25) is 9.97 Å². The van der Waals surface area contributed by atoms with E-state index in [0.29, 0.717) is 0 Å². The minimum atomic E-state index is 0.837. The maximum absolute atomic E-state index is 4.54. The Morgan fingerprint density at radius 2 is 1.95 bits per heavy atom. The second-order valence-electron chi connectivity index (χ2n) is 4.25. The highest BCUT2D eigenvalue weighted by Crippen LogP contribution is 2.26. The molecule has 0 saturated heterocycles. The van der Waals surface area contributed by atoms with E-state index in [0.717, 1.165) is 37.1 Å². The molecule has 0 aliphatic carbocycles. The Kier molecular flexibility index (Phi) is 3.14. The summed E-state index contributed by atoms with van der Waals surface area (Å²) < 4.78 is 3.83. The summed E-state index contributed by atoms with van der Waals surface area (Å²) in [7, 11) is 0. The predicted molar refractivity (Wildman–Crippen MR) is 81.5 cm³/mol. The monoisotopic (exact) mass is 380 g/mol. The standard InChI is InChI=1S/C13H10Br2N4/c1-7-12(15)8(2)19(18-7)11-3-4-16-10-5-9(14)6-17-13(10)11/h3-6H,1-2H3. The molecule has 0 unspecified atom stereocenters. The van der Waals surface area contributed by atoms with Crippen LogP contribution in [0.3, 0.4) is 0 Å². The maximum atomic E-state index is 4.54. The first-order chi connectivity index (χ1) is 9.08. The molecule has 3 aromatic rings. The Balaban J connectivity index is 2.33. The zero-order valence-corrected chi connectivity index (χ0v) is 13.5. The summed E-state index contributed by atoms with van der Waals surface area (Å²) in [5.74, 6) is 0. The van der Waals surface area contributed by atoms with Crippen LogP contribution in [0.5, 0.6) is 0 Å². The van der Waals surface area contributed by atoms with Crippen molar-refractivity contribution in [1.29, 1.82) is 0 Å². The fraction of sp³-hybridized carbons (Fsp3) is 0.154. The van der Waals surface area contributed by atoms with Crippen LogP contribution >= 0.6 is 31.9 Å².